The van der Waals surface area contributed by atoms with Crippen molar-refractivity contribution in [3.8, 4) is 0 Å². The second kappa shape index (κ2) is 13.3. The minimum atomic E-state index is -0.825. The van der Waals surface area contributed by atoms with Crippen molar-refractivity contribution in [1.29, 1.82) is 0 Å². The number of esters is 2. The summed E-state index contributed by atoms with van der Waals surface area (Å²) in [6.07, 6.45) is 7.40. The van der Waals surface area contributed by atoms with Crippen molar-refractivity contribution in [3.63, 3.8) is 0 Å². The van der Waals surface area contributed by atoms with Crippen molar-refractivity contribution >= 4 is 23.7 Å². The maximum atomic E-state index is 13.8. The van der Waals surface area contributed by atoms with Gasteiger partial charge in [-0.25, -0.2) is 10.2 Å². The Balaban J connectivity index is 1.88. The van der Waals surface area contributed by atoms with Gasteiger partial charge in [0.25, 0.3) is 0 Å². The molecule has 3 rings (SSSR count). The Morgan fingerprint density at radius 3 is 1.74 bits per heavy atom. The quantitative estimate of drug-likeness (QED) is 0.307. The van der Waals surface area contributed by atoms with Gasteiger partial charge >= 0.3 is 18.0 Å². The number of nitrogens with one attached hydrogen (secondary N) is 1. The molecule has 0 spiro atoms. The molecule has 3 aliphatic carbocycles. The third-order valence-corrected chi connectivity index (χ3v) is 9.50. The Bertz CT molecular complexity index is 958. The van der Waals surface area contributed by atoms with Crippen molar-refractivity contribution in [3.05, 3.63) is 11.6 Å². The normalized spacial score (nSPS) is 36.4. The van der Waals surface area contributed by atoms with E-state index in [1.54, 1.807) is 6.08 Å². The van der Waals surface area contributed by atoms with Crippen molar-refractivity contribution < 1.29 is 23.9 Å². The standard InChI is InChI=1S/C31H51N3O5/c1-16(2)22-11-9-18(5)13-25(22)38-29(35)27-20(7)15-24(33-34-31(32)37)28(21(27)8)30(36)39-26-14-19(6)10-12-23(26)17(3)4/h15-19,21-23,25-28H,9-14H2,1-8H3,(H3,32,34,37)/b33-24-/t18-,19+,21+,22-,23+,25+,26+,27+,28+/m0/s1. The molecule has 0 bridgehead atoms. The minimum absolute atomic E-state index is 0.131. The van der Waals surface area contributed by atoms with Gasteiger partial charge in [-0.2, -0.15) is 5.10 Å². The first-order chi connectivity index (χ1) is 18.3. The topological polar surface area (TPSA) is 120 Å². The van der Waals surface area contributed by atoms with Gasteiger partial charge in [-0.1, -0.05) is 66.9 Å². The molecule has 3 aliphatic rings. The van der Waals surface area contributed by atoms with E-state index in [2.05, 4.69) is 52.1 Å². The van der Waals surface area contributed by atoms with Crippen molar-refractivity contribution in [2.75, 3.05) is 0 Å². The molecule has 0 aliphatic heterocycles. The molecule has 0 saturated heterocycles. The molecule has 2 fully saturated rings. The highest BCUT2D eigenvalue weighted by Crippen LogP contribution is 2.41. The van der Waals surface area contributed by atoms with Gasteiger partial charge in [0.1, 0.15) is 18.1 Å². The van der Waals surface area contributed by atoms with Gasteiger partial charge in [-0.15, -0.1) is 0 Å². The molecule has 8 nitrogen and oxygen atoms in total. The van der Waals surface area contributed by atoms with E-state index >= 15 is 0 Å². The number of nitrogens with two attached hydrogens (primary N) is 1. The zero-order valence-electron chi connectivity index (χ0n) is 25.2. The molecule has 39 heavy (non-hydrogen) atoms. The number of nitrogens with zero attached hydrogens (tertiary/aromatic N) is 1. The Morgan fingerprint density at radius 2 is 1.31 bits per heavy atom. The minimum Gasteiger partial charge on any atom is -0.462 e. The lowest BCUT2D eigenvalue weighted by Crippen LogP contribution is -2.46. The van der Waals surface area contributed by atoms with E-state index in [1.165, 1.54) is 0 Å². The molecule has 9 atom stereocenters. The van der Waals surface area contributed by atoms with Crippen LogP contribution in [-0.2, 0) is 19.1 Å². The second-order valence-corrected chi connectivity index (χ2v) is 13.3. The monoisotopic (exact) mass is 545 g/mol. The molecule has 0 aromatic rings. The lowest BCUT2D eigenvalue weighted by Gasteiger charge is -2.40. The smallest absolute Gasteiger partial charge is 0.332 e. The Labute approximate surface area is 234 Å². The molecule has 0 unspecified atom stereocenters. The number of urea groups is 1. The lowest BCUT2D eigenvalue weighted by atomic mass is 9.71. The molecule has 2 amide bonds. The Kier molecular flexibility index (Phi) is 10.6. The summed E-state index contributed by atoms with van der Waals surface area (Å²) in [7, 11) is 0. The number of carbonyl (C=O) groups is 3. The highest BCUT2D eigenvalue weighted by molar-refractivity contribution is 6.11. The maximum absolute atomic E-state index is 13.8. The lowest BCUT2D eigenvalue weighted by molar-refractivity contribution is -0.165. The van der Waals surface area contributed by atoms with Crippen LogP contribution >= 0.6 is 0 Å². The highest BCUT2D eigenvalue weighted by atomic mass is 16.5. The molecular weight excluding hydrogens is 494 g/mol. The summed E-state index contributed by atoms with van der Waals surface area (Å²) in [5.74, 6) is -0.198. The van der Waals surface area contributed by atoms with Gasteiger partial charge in [0.15, 0.2) is 0 Å². The summed E-state index contributed by atoms with van der Waals surface area (Å²) in [6.45, 7) is 16.8. The molecule has 8 heteroatoms. The number of ether oxygens (including phenoxy) is 2. The van der Waals surface area contributed by atoms with Gasteiger partial charge in [-0.05, 0) is 80.1 Å². The van der Waals surface area contributed by atoms with Crippen LogP contribution in [0.2, 0.25) is 0 Å². The van der Waals surface area contributed by atoms with Crippen molar-refractivity contribution in [1.82, 2.24) is 5.43 Å². The van der Waals surface area contributed by atoms with Crippen LogP contribution in [0.1, 0.15) is 93.9 Å². The van der Waals surface area contributed by atoms with Gasteiger partial charge in [0, 0.05) is 0 Å². The van der Waals surface area contributed by atoms with E-state index in [0.717, 1.165) is 44.1 Å². The third-order valence-electron chi connectivity index (χ3n) is 9.50. The van der Waals surface area contributed by atoms with E-state index in [1.807, 2.05) is 13.8 Å². The average molecular weight is 546 g/mol. The first kappa shape index (κ1) is 31.2. The summed E-state index contributed by atoms with van der Waals surface area (Å²) >= 11 is 0. The van der Waals surface area contributed by atoms with Crippen LogP contribution in [0.25, 0.3) is 0 Å². The van der Waals surface area contributed by atoms with Crippen LogP contribution in [-0.4, -0.2) is 35.9 Å². The van der Waals surface area contributed by atoms with E-state index in [0.29, 0.717) is 35.3 Å². The van der Waals surface area contributed by atoms with Crippen LogP contribution in [0.5, 0.6) is 0 Å². The summed E-state index contributed by atoms with van der Waals surface area (Å²) in [5, 5.41) is 4.17. The predicted molar refractivity (Wildman–Crippen MR) is 153 cm³/mol. The second-order valence-electron chi connectivity index (χ2n) is 13.3. The maximum Gasteiger partial charge on any atom is 0.332 e. The average Bonchev–Trinajstić information content (AvgIpc) is 2.82. The number of hydrogen-bond acceptors (Lipinski definition) is 6. The van der Waals surface area contributed by atoms with E-state index in [-0.39, 0.29) is 24.1 Å². The number of rotatable bonds is 7. The fraction of sp³-hybridized carbons (Fsp3) is 0.806. The first-order valence-corrected chi connectivity index (χ1v) is 15.0. The zero-order valence-corrected chi connectivity index (χ0v) is 25.2. The molecular formula is C31H51N3O5. The van der Waals surface area contributed by atoms with Gasteiger partial charge in [0.05, 0.1) is 11.6 Å². The molecule has 220 valence electrons. The summed E-state index contributed by atoms with van der Waals surface area (Å²) in [6, 6.07) is -0.818. The van der Waals surface area contributed by atoms with E-state index < -0.39 is 29.8 Å². The summed E-state index contributed by atoms with van der Waals surface area (Å²) in [5.41, 5.74) is 8.65. The molecule has 0 aromatic carbocycles. The Hall–Kier alpha value is -2.38. The molecule has 3 N–H and O–H groups in total. The number of amides is 2. The molecule has 0 heterocycles. The number of allylic oxidation sites excluding steroid dienone is 1. The number of primary amides is 1. The molecule has 0 aromatic heterocycles. The van der Waals surface area contributed by atoms with Gasteiger partial charge < -0.3 is 15.2 Å². The van der Waals surface area contributed by atoms with Crippen LogP contribution in [0, 0.1) is 53.3 Å². The van der Waals surface area contributed by atoms with E-state index in [9.17, 15) is 14.4 Å². The Morgan fingerprint density at radius 1 is 0.846 bits per heavy atom. The van der Waals surface area contributed by atoms with Crippen molar-refractivity contribution in [2.24, 2.45) is 64.1 Å². The number of hydrazone groups is 1. The molecule has 2 saturated carbocycles. The summed E-state index contributed by atoms with van der Waals surface area (Å²) in [4.78, 5) is 39.0. The van der Waals surface area contributed by atoms with Gasteiger partial charge in [0.2, 0.25) is 0 Å². The number of hydrogen-bond donors (Lipinski definition) is 2. The fourth-order valence-electron chi connectivity index (χ4n) is 7.19. The third kappa shape index (κ3) is 7.63. The first-order valence-electron chi connectivity index (χ1n) is 15.0. The number of carbonyl (C=O) groups excluding carboxylic acids is 3. The predicted octanol–water partition coefficient (Wildman–Crippen LogP) is 5.85. The highest BCUT2D eigenvalue weighted by Gasteiger charge is 2.46. The van der Waals surface area contributed by atoms with Gasteiger partial charge in [-0.3, -0.25) is 9.59 Å². The zero-order chi connectivity index (χ0) is 29.0. The largest absolute Gasteiger partial charge is 0.462 e. The SMILES string of the molecule is CC1=C/C(=N/NC(N)=O)[C@H](C(=O)O[C@@H]2C[C@H](C)CC[C@@H]2C(C)C)[C@H](C)[C@@H]1C(=O)O[C@@H]1C[C@@H](C)CC[C@H]1C(C)C. The summed E-state index contributed by atoms with van der Waals surface area (Å²) < 4.78 is 12.4. The van der Waals surface area contributed by atoms with Crippen LogP contribution in [0.15, 0.2) is 16.8 Å². The van der Waals surface area contributed by atoms with Crippen molar-refractivity contribution in [2.45, 2.75) is 106 Å². The van der Waals surface area contributed by atoms with Crippen LogP contribution in [0.3, 0.4) is 0 Å². The fourth-order valence-corrected chi connectivity index (χ4v) is 7.19. The van der Waals surface area contributed by atoms with Crippen LogP contribution in [0.4, 0.5) is 4.79 Å². The molecule has 0 radical (unpaired) electrons. The van der Waals surface area contributed by atoms with Crippen LogP contribution < -0.4 is 11.2 Å². The van der Waals surface area contributed by atoms with E-state index in [4.69, 9.17) is 15.2 Å².